The summed E-state index contributed by atoms with van der Waals surface area (Å²) in [5.74, 6) is -0.140. The number of carbonyl (C=O) groups excluding carboxylic acids is 1. The van der Waals surface area contributed by atoms with E-state index in [0.717, 1.165) is 27.7 Å². The van der Waals surface area contributed by atoms with E-state index in [-0.39, 0.29) is 30.3 Å². The van der Waals surface area contributed by atoms with E-state index < -0.39 is 10.0 Å². The zero-order valence-corrected chi connectivity index (χ0v) is 17.1. The molecule has 0 saturated heterocycles. The van der Waals surface area contributed by atoms with Crippen molar-refractivity contribution in [3.8, 4) is 0 Å². The number of aryl methyl sites for hydroxylation is 3. The summed E-state index contributed by atoms with van der Waals surface area (Å²) in [7, 11) is -3.60. The Morgan fingerprint density at radius 3 is 2.57 bits per heavy atom. The zero-order chi connectivity index (χ0) is 20.3. The van der Waals surface area contributed by atoms with Gasteiger partial charge in [-0.05, 0) is 49.6 Å². The molecule has 0 aliphatic heterocycles. The molecule has 3 aromatic rings. The number of amides is 1. The molecule has 0 saturated carbocycles. The molecule has 1 heterocycles. The van der Waals surface area contributed by atoms with Gasteiger partial charge >= 0.3 is 0 Å². The number of hydrogen-bond acceptors (Lipinski definition) is 3. The summed E-state index contributed by atoms with van der Waals surface area (Å²) >= 11 is 0. The lowest BCUT2D eigenvalue weighted by Crippen LogP contribution is -2.35. The molecule has 3 N–H and O–H groups in total. The minimum atomic E-state index is -3.60. The lowest BCUT2D eigenvalue weighted by molar-refractivity contribution is -0.120. The van der Waals surface area contributed by atoms with Crippen molar-refractivity contribution in [1.29, 1.82) is 0 Å². The molecule has 148 valence electrons. The van der Waals surface area contributed by atoms with E-state index in [0.29, 0.717) is 5.56 Å². The first-order chi connectivity index (χ1) is 13.3. The first-order valence-corrected chi connectivity index (χ1v) is 10.7. The monoisotopic (exact) mass is 399 g/mol. The van der Waals surface area contributed by atoms with Gasteiger partial charge in [0.1, 0.15) is 0 Å². The normalized spacial score (nSPS) is 11.7. The van der Waals surface area contributed by atoms with Gasteiger partial charge in [0.05, 0.1) is 11.3 Å². The number of nitrogens with one attached hydrogen (secondary N) is 3. The molecule has 28 heavy (non-hydrogen) atoms. The van der Waals surface area contributed by atoms with Gasteiger partial charge in [0, 0.05) is 29.7 Å². The molecule has 0 aliphatic rings. The summed E-state index contributed by atoms with van der Waals surface area (Å²) in [6.07, 6.45) is 0.250. The Kier molecular flexibility index (Phi) is 5.86. The van der Waals surface area contributed by atoms with Crippen LogP contribution in [0.25, 0.3) is 10.9 Å². The third-order valence-corrected chi connectivity index (χ3v) is 6.34. The third-order valence-electron chi connectivity index (χ3n) is 4.74. The Labute approximate surface area is 165 Å². The van der Waals surface area contributed by atoms with Gasteiger partial charge in [-0.15, -0.1) is 0 Å². The van der Waals surface area contributed by atoms with Gasteiger partial charge in [0.15, 0.2) is 0 Å². The number of carbonyl (C=O) groups is 1. The maximum atomic E-state index is 12.5. The second-order valence-electron chi connectivity index (χ2n) is 6.97. The van der Waals surface area contributed by atoms with Crippen molar-refractivity contribution < 1.29 is 13.2 Å². The molecule has 0 fully saturated rings. The van der Waals surface area contributed by atoms with E-state index in [9.17, 15) is 13.2 Å². The van der Waals surface area contributed by atoms with Crippen LogP contribution in [0.3, 0.4) is 0 Å². The summed E-state index contributed by atoms with van der Waals surface area (Å²) in [5, 5.41) is 3.82. The molecule has 0 unspecified atom stereocenters. The molecule has 0 spiro atoms. The van der Waals surface area contributed by atoms with Gasteiger partial charge in [0.25, 0.3) is 0 Å². The predicted octanol–water partition coefficient (Wildman–Crippen LogP) is 2.73. The van der Waals surface area contributed by atoms with Crippen molar-refractivity contribution >= 4 is 26.8 Å². The largest absolute Gasteiger partial charge is 0.358 e. The Morgan fingerprint density at radius 2 is 1.79 bits per heavy atom. The van der Waals surface area contributed by atoms with E-state index >= 15 is 0 Å². The summed E-state index contributed by atoms with van der Waals surface area (Å²) in [5.41, 5.74) is 4.51. The van der Waals surface area contributed by atoms with E-state index in [2.05, 4.69) is 15.0 Å². The average Bonchev–Trinajstić information content (AvgIpc) is 2.96. The van der Waals surface area contributed by atoms with Gasteiger partial charge in [-0.25, -0.2) is 13.1 Å². The van der Waals surface area contributed by atoms with Crippen molar-refractivity contribution in [2.45, 2.75) is 32.1 Å². The molecule has 0 radical (unpaired) electrons. The summed E-state index contributed by atoms with van der Waals surface area (Å²) in [6, 6.07) is 13.2. The molecular weight excluding hydrogens is 374 g/mol. The first-order valence-electron chi connectivity index (χ1n) is 9.18. The van der Waals surface area contributed by atoms with E-state index in [1.54, 1.807) is 19.1 Å². The van der Waals surface area contributed by atoms with Crippen molar-refractivity contribution in [2.24, 2.45) is 0 Å². The lowest BCUT2D eigenvalue weighted by Gasteiger charge is -2.11. The molecule has 2 aromatic carbocycles. The van der Waals surface area contributed by atoms with Crippen molar-refractivity contribution in [2.75, 3.05) is 13.1 Å². The number of fused-ring (bicyclic) bond motifs is 1. The summed E-state index contributed by atoms with van der Waals surface area (Å²) in [6.45, 7) is 5.92. The second-order valence-corrected chi connectivity index (χ2v) is 8.70. The molecule has 7 heteroatoms. The molecule has 1 amide bonds. The number of sulfonamides is 1. The van der Waals surface area contributed by atoms with E-state index in [4.69, 9.17) is 0 Å². The number of rotatable bonds is 7. The van der Waals surface area contributed by atoms with Crippen LogP contribution in [-0.2, 0) is 21.2 Å². The molecule has 6 nitrogen and oxygen atoms in total. The topological polar surface area (TPSA) is 91.1 Å². The number of para-hydroxylation sites is 1. The van der Waals surface area contributed by atoms with Gasteiger partial charge in [0.2, 0.25) is 15.9 Å². The Morgan fingerprint density at radius 1 is 1.04 bits per heavy atom. The zero-order valence-electron chi connectivity index (χ0n) is 16.3. The summed E-state index contributed by atoms with van der Waals surface area (Å²) in [4.78, 5) is 15.8. The summed E-state index contributed by atoms with van der Waals surface area (Å²) < 4.78 is 27.5. The van der Waals surface area contributed by atoms with Crippen LogP contribution in [-0.4, -0.2) is 32.4 Å². The van der Waals surface area contributed by atoms with E-state index in [1.165, 1.54) is 0 Å². The maximum Gasteiger partial charge on any atom is 0.240 e. The highest BCUT2D eigenvalue weighted by Gasteiger charge is 2.17. The highest BCUT2D eigenvalue weighted by molar-refractivity contribution is 7.89. The van der Waals surface area contributed by atoms with Gasteiger partial charge in [-0.1, -0.05) is 30.3 Å². The minimum absolute atomic E-state index is 0.133. The Balaban J connectivity index is 1.55. The molecule has 0 atom stereocenters. The fraction of sp³-hybridized carbons (Fsp3) is 0.286. The van der Waals surface area contributed by atoms with E-state index in [1.807, 2.05) is 44.2 Å². The number of aromatic nitrogens is 1. The number of H-pyrrole nitrogens is 1. The minimum Gasteiger partial charge on any atom is -0.358 e. The van der Waals surface area contributed by atoms with Gasteiger partial charge < -0.3 is 10.3 Å². The van der Waals surface area contributed by atoms with Crippen LogP contribution in [0, 0.1) is 20.8 Å². The average molecular weight is 400 g/mol. The fourth-order valence-corrected chi connectivity index (χ4v) is 4.61. The number of aromatic amines is 1. The molecule has 1 aromatic heterocycles. The van der Waals surface area contributed by atoms with Crippen molar-refractivity contribution in [3.05, 3.63) is 64.8 Å². The van der Waals surface area contributed by atoms with Crippen LogP contribution < -0.4 is 10.0 Å². The Bertz CT molecular complexity index is 1120. The molecule has 0 aliphatic carbocycles. The smallest absolute Gasteiger partial charge is 0.240 e. The van der Waals surface area contributed by atoms with Crippen LogP contribution in [0.1, 0.15) is 22.4 Å². The number of hydrogen-bond donors (Lipinski definition) is 3. The Hall–Kier alpha value is -2.64. The highest BCUT2D eigenvalue weighted by Crippen LogP contribution is 2.22. The van der Waals surface area contributed by atoms with Gasteiger partial charge in [-0.3, -0.25) is 4.79 Å². The first kappa shape index (κ1) is 20.1. The quantitative estimate of drug-likeness (QED) is 0.534. The maximum absolute atomic E-state index is 12.5. The lowest BCUT2D eigenvalue weighted by atomic mass is 10.1. The second kappa shape index (κ2) is 8.16. The van der Waals surface area contributed by atoms with Crippen LogP contribution in [0.2, 0.25) is 0 Å². The standard InChI is InChI=1S/C21H25N3O3S/c1-14-8-9-15(2)20(12-14)28(26,27)23-11-10-22-21(25)13-18-16(3)24-19-7-5-4-6-17(18)19/h4-9,12,23-24H,10-11,13H2,1-3H3,(H,22,25). The van der Waals surface area contributed by atoms with Gasteiger partial charge in [-0.2, -0.15) is 0 Å². The van der Waals surface area contributed by atoms with Crippen LogP contribution >= 0.6 is 0 Å². The predicted molar refractivity (Wildman–Crippen MR) is 111 cm³/mol. The van der Waals surface area contributed by atoms with Crippen molar-refractivity contribution in [3.63, 3.8) is 0 Å². The van der Waals surface area contributed by atoms with Crippen LogP contribution in [0.15, 0.2) is 47.4 Å². The number of benzene rings is 2. The van der Waals surface area contributed by atoms with Crippen molar-refractivity contribution in [1.82, 2.24) is 15.0 Å². The molecule has 3 rings (SSSR count). The molecule has 0 bridgehead atoms. The fourth-order valence-electron chi connectivity index (χ4n) is 3.25. The SMILES string of the molecule is Cc1ccc(C)c(S(=O)(=O)NCCNC(=O)Cc2c(C)[nH]c3ccccc23)c1. The van der Waals surface area contributed by atoms with Crippen LogP contribution in [0.5, 0.6) is 0 Å². The third kappa shape index (κ3) is 4.43. The highest BCUT2D eigenvalue weighted by atomic mass is 32.2. The molecular formula is C21H25N3O3S. The van der Waals surface area contributed by atoms with Crippen LogP contribution in [0.4, 0.5) is 0 Å².